The Morgan fingerprint density at radius 3 is 2.00 bits per heavy atom. The van der Waals surface area contributed by atoms with Crippen LogP contribution in [0.2, 0.25) is 0 Å². The van der Waals surface area contributed by atoms with Gasteiger partial charge in [0.05, 0.1) is 0 Å². The van der Waals surface area contributed by atoms with E-state index < -0.39 is 15.6 Å². The Labute approximate surface area is 115 Å². The molecule has 1 fully saturated rings. The highest BCUT2D eigenvalue weighted by Crippen LogP contribution is 2.33. The molecule has 0 bridgehead atoms. The maximum Gasteiger partial charge on any atom is 0.534 e. The summed E-state index contributed by atoms with van der Waals surface area (Å²) in [5.41, 5.74) is -4.48. The molecule has 0 N–H and O–H groups in total. The zero-order valence-corrected chi connectivity index (χ0v) is 11.4. The maximum atomic E-state index is 12.2. The van der Waals surface area contributed by atoms with E-state index in [-0.39, 0.29) is 5.75 Å². The van der Waals surface area contributed by atoms with E-state index in [4.69, 9.17) is 0 Å². The molecule has 7 heteroatoms. The van der Waals surface area contributed by atoms with Crippen molar-refractivity contribution >= 4 is 10.1 Å². The lowest BCUT2D eigenvalue weighted by Crippen LogP contribution is -2.28. The Balaban J connectivity index is 2.09. The molecule has 0 spiro atoms. The van der Waals surface area contributed by atoms with E-state index in [1.54, 1.807) is 12.1 Å². The lowest BCUT2D eigenvalue weighted by atomic mass is 9.84. The van der Waals surface area contributed by atoms with Gasteiger partial charge < -0.3 is 4.18 Å². The van der Waals surface area contributed by atoms with E-state index in [2.05, 4.69) is 4.18 Å². The zero-order chi connectivity index (χ0) is 14.8. The smallest absolute Gasteiger partial charge is 0.376 e. The highest BCUT2D eigenvalue weighted by atomic mass is 32.2. The van der Waals surface area contributed by atoms with Crippen molar-refractivity contribution in [1.29, 1.82) is 0 Å². The highest BCUT2D eigenvalue weighted by molar-refractivity contribution is 7.87. The van der Waals surface area contributed by atoms with E-state index in [9.17, 15) is 21.6 Å². The van der Waals surface area contributed by atoms with Gasteiger partial charge >= 0.3 is 15.6 Å². The van der Waals surface area contributed by atoms with Gasteiger partial charge in [0.15, 0.2) is 0 Å². The van der Waals surface area contributed by atoms with Gasteiger partial charge in [0.2, 0.25) is 0 Å². The fraction of sp³-hybridized carbons (Fsp3) is 0.462. The first kappa shape index (κ1) is 15.2. The molecule has 1 aromatic carbocycles. The Kier molecular flexibility index (Phi) is 4.27. The van der Waals surface area contributed by atoms with E-state index >= 15 is 0 Å². The summed E-state index contributed by atoms with van der Waals surface area (Å²) in [5, 5.41) is 0. The molecular weight excluding hydrogens is 293 g/mol. The van der Waals surface area contributed by atoms with Gasteiger partial charge in [-0.15, -0.1) is 0 Å². The van der Waals surface area contributed by atoms with Crippen molar-refractivity contribution in [3.05, 3.63) is 35.7 Å². The average molecular weight is 307 g/mol. The largest absolute Gasteiger partial charge is 0.534 e. The van der Waals surface area contributed by atoms with E-state index in [0.29, 0.717) is 0 Å². The average Bonchev–Trinajstić information content (AvgIpc) is 2.39. The Morgan fingerprint density at radius 1 is 0.950 bits per heavy atom. The lowest BCUT2D eigenvalue weighted by Gasteiger charge is -2.21. The number of hydrogen-bond acceptors (Lipinski definition) is 3. The molecule has 0 amide bonds. The van der Waals surface area contributed by atoms with Gasteiger partial charge in [-0.2, -0.15) is 21.6 Å². The molecule has 1 aliphatic rings. The molecule has 20 heavy (non-hydrogen) atoms. The summed E-state index contributed by atoms with van der Waals surface area (Å²) in [6.45, 7) is 0. The van der Waals surface area contributed by atoms with Crippen LogP contribution in [0.15, 0.2) is 24.3 Å². The van der Waals surface area contributed by atoms with Gasteiger partial charge in [-0.3, -0.25) is 0 Å². The van der Waals surface area contributed by atoms with Crippen molar-refractivity contribution in [3.63, 3.8) is 0 Å². The van der Waals surface area contributed by atoms with Crippen molar-refractivity contribution in [2.75, 3.05) is 0 Å². The van der Waals surface area contributed by atoms with Crippen LogP contribution in [0, 0.1) is 5.92 Å². The second kappa shape index (κ2) is 5.63. The summed E-state index contributed by atoms with van der Waals surface area (Å²) >= 11 is 0. The van der Waals surface area contributed by atoms with Crippen molar-refractivity contribution in [1.82, 2.24) is 0 Å². The normalized spacial score (nSPS) is 17.9. The van der Waals surface area contributed by atoms with Crippen LogP contribution in [0.25, 0.3) is 0 Å². The predicted octanol–water partition coefficient (Wildman–Crippen LogP) is 3.80. The second-order valence-corrected chi connectivity index (χ2v) is 6.21. The first-order valence-corrected chi connectivity index (χ1v) is 7.66. The molecule has 0 saturated heterocycles. The first-order valence-electron chi connectivity index (χ1n) is 6.25. The minimum Gasteiger partial charge on any atom is -0.376 e. The van der Waals surface area contributed by atoms with Gasteiger partial charge in [-0.1, -0.05) is 31.4 Å². The predicted molar refractivity (Wildman–Crippen MR) is 67.5 cm³/mol. The van der Waals surface area contributed by atoms with Gasteiger partial charge in [-0.25, -0.2) is 0 Å². The number of alkyl halides is 3. The second-order valence-electron chi connectivity index (χ2n) is 4.67. The molecule has 1 saturated carbocycles. The summed E-state index contributed by atoms with van der Waals surface area (Å²) in [6.07, 6.45) is 5.35. The molecule has 111 valence electrons. The molecule has 0 aromatic heterocycles. The van der Waals surface area contributed by atoms with E-state index in [1.807, 2.05) is 0 Å². The van der Waals surface area contributed by atoms with Crippen molar-refractivity contribution in [2.45, 2.75) is 37.6 Å². The van der Waals surface area contributed by atoms with Crippen LogP contribution in [0.1, 0.15) is 37.7 Å². The number of rotatable bonds is 3. The van der Waals surface area contributed by atoms with Crippen LogP contribution in [0.3, 0.4) is 0 Å². The van der Waals surface area contributed by atoms with Crippen LogP contribution in [0.5, 0.6) is 5.75 Å². The number of halogens is 3. The first-order chi connectivity index (χ1) is 9.29. The molecule has 0 heterocycles. The van der Waals surface area contributed by atoms with E-state index in [1.165, 1.54) is 24.5 Å². The van der Waals surface area contributed by atoms with Crippen molar-refractivity contribution in [3.8, 4) is 5.75 Å². The van der Waals surface area contributed by atoms with Crippen LogP contribution in [-0.2, 0) is 10.1 Å². The summed E-state index contributed by atoms with van der Waals surface area (Å²) in [7, 11) is -5.60. The van der Waals surface area contributed by atoms with Gasteiger partial charge in [0.1, 0.15) is 5.75 Å². The topological polar surface area (TPSA) is 43.4 Å². The number of benzene rings is 1. The molecule has 3 nitrogen and oxygen atoms in total. The third kappa shape index (κ3) is 3.45. The minimum absolute atomic E-state index is 0.331. The van der Waals surface area contributed by atoms with Crippen LogP contribution >= 0.6 is 0 Å². The summed E-state index contributed by atoms with van der Waals surface area (Å²) in [5.74, 6) is 0.920. The van der Waals surface area contributed by atoms with Crippen molar-refractivity contribution in [2.24, 2.45) is 0 Å². The van der Waals surface area contributed by atoms with Crippen LogP contribution in [-0.4, -0.2) is 13.9 Å². The minimum atomic E-state index is -5.60. The molecule has 0 unspecified atom stereocenters. The van der Waals surface area contributed by atoms with Gasteiger partial charge in [0.25, 0.3) is 0 Å². The lowest BCUT2D eigenvalue weighted by molar-refractivity contribution is -0.0500. The summed E-state index contributed by atoms with van der Waals surface area (Å²) in [6, 6.07) is 5.70. The molecular formula is C13H14F3O3S. The number of hydrogen-bond donors (Lipinski definition) is 0. The maximum absolute atomic E-state index is 12.2. The molecule has 0 aliphatic heterocycles. The zero-order valence-electron chi connectivity index (χ0n) is 10.6. The molecule has 1 aliphatic carbocycles. The van der Waals surface area contributed by atoms with Crippen LogP contribution < -0.4 is 4.18 Å². The van der Waals surface area contributed by atoms with Crippen LogP contribution in [0.4, 0.5) is 13.2 Å². The Morgan fingerprint density at radius 2 is 1.50 bits per heavy atom. The fourth-order valence-corrected chi connectivity index (χ4v) is 2.65. The monoisotopic (exact) mass is 307 g/mol. The summed E-state index contributed by atoms with van der Waals surface area (Å²) < 4.78 is 62.3. The highest BCUT2D eigenvalue weighted by Gasteiger charge is 2.48. The third-order valence-corrected chi connectivity index (χ3v) is 4.19. The quantitative estimate of drug-likeness (QED) is 0.630. The summed E-state index contributed by atoms with van der Waals surface area (Å²) in [4.78, 5) is 0. The standard InChI is InChI=1S/C13H14F3O3S/c14-13(15,16)20(17,18)19-12-8-6-11(7-9-12)10-4-2-1-3-5-10/h6-9H,1-5H2. The molecule has 1 radical (unpaired) electrons. The fourth-order valence-electron chi connectivity index (χ4n) is 2.19. The third-order valence-electron chi connectivity index (χ3n) is 3.21. The van der Waals surface area contributed by atoms with Gasteiger partial charge in [-0.05, 0) is 30.5 Å². The Bertz CT molecular complexity index is 543. The Hall–Kier alpha value is -1.24. The molecule has 0 atom stereocenters. The van der Waals surface area contributed by atoms with E-state index in [0.717, 1.165) is 31.2 Å². The van der Waals surface area contributed by atoms with Gasteiger partial charge in [0, 0.05) is 5.92 Å². The SMILES string of the molecule is O=S(=O)(Oc1ccc([C]2CCCCC2)cc1)C(F)(F)F. The molecule has 2 rings (SSSR count). The van der Waals surface area contributed by atoms with Crippen molar-refractivity contribution < 1.29 is 25.8 Å². The molecule has 1 aromatic rings.